The van der Waals surface area contributed by atoms with Crippen molar-refractivity contribution in [3.05, 3.63) is 41.5 Å². The molecule has 0 saturated carbocycles. The minimum Gasteiger partial charge on any atom is -0.287 e. The second-order valence-electron chi connectivity index (χ2n) is 3.48. The number of hydrazine groups is 1. The fourth-order valence-electron chi connectivity index (χ4n) is 1.90. The van der Waals surface area contributed by atoms with Gasteiger partial charge in [-0.3, -0.25) is 15.2 Å². The van der Waals surface area contributed by atoms with E-state index in [1.165, 1.54) is 0 Å². The van der Waals surface area contributed by atoms with E-state index in [4.69, 9.17) is 0 Å². The van der Waals surface area contributed by atoms with Crippen LogP contribution in [0.1, 0.15) is 22.0 Å². The SMILES string of the molecule is O=C1NNC2C=CC=Nc3cccc1c32. The molecule has 74 valence electrons. The number of nitrogens with one attached hydrogen (secondary N) is 2. The molecule has 4 heteroatoms. The van der Waals surface area contributed by atoms with E-state index in [9.17, 15) is 4.79 Å². The molecule has 1 aromatic rings. The van der Waals surface area contributed by atoms with Crippen molar-refractivity contribution in [3.63, 3.8) is 0 Å². The summed E-state index contributed by atoms with van der Waals surface area (Å²) < 4.78 is 0. The molecule has 2 heterocycles. The molecule has 0 bridgehead atoms. The van der Waals surface area contributed by atoms with Crippen LogP contribution in [0.4, 0.5) is 5.69 Å². The molecule has 15 heavy (non-hydrogen) atoms. The predicted molar refractivity (Wildman–Crippen MR) is 57.1 cm³/mol. The molecule has 2 N–H and O–H groups in total. The molecule has 1 unspecified atom stereocenters. The summed E-state index contributed by atoms with van der Waals surface area (Å²) in [5, 5.41) is 0. The Balaban J connectivity index is 2.30. The number of benzene rings is 1. The largest absolute Gasteiger partial charge is 0.287 e. The smallest absolute Gasteiger partial charge is 0.265 e. The van der Waals surface area contributed by atoms with Gasteiger partial charge >= 0.3 is 0 Å². The fourth-order valence-corrected chi connectivity index (χ4v) is 1.90. The lowest BCUT2D eigenvalue weighted by Crippen LogP contribution is -2.44. The normalized spacial score (nSPS) is 21.9. The van der Waals surface area contributed by atoms with Gasteiger partial charge in [-0.2, -0.15) is 0 Å². The number of carbonyl (C=O) groups excluding carboxylic acids is 1. The zero-order valence-electron chi connectivity index (χ0n) is 7.90. The number of nitrogens with zero attached hydrogens (tertiary/aromatic N) is 1. The Hall–Kier alpha value is -1.94. The van der Waals surface area contributed by atoms with E-state index in [1.54, 1.807) is 6.21 Å². The molecule has 4 nitrogen and oxygen atoms in total. The Morgan fingerprint density at radius 3 is 3.20 bits per heavy atom. The number of rotatable bonds is 0. The van der Waals surface area contributed by atoms with Gasteiger partial charge in [0, 0.05) is 17.3 Å². The average Bonchev–Trinajstić information content (AvgIpc) is 2.47. The standard InChI is InChI=1S/C11H9N3O/c15-11-7-3-1-4-8-10(7)9(13-14-11)5-2-6-12-8/h1-6,9,13H,(H,14,15). The van der Waals surface area contributed by atoms with Crippen molar-refractivity contribution in [2.45, 2.75) is 6.04 Å². The van der Waals surface area contributed by atoms with E-state index < -0.39 is 0 Å². The third-order valence-corrected chi connectivity index (χ3v) is 2.58. The van der Waals surface area contributed by atoms with Crippen molar-refractivity contribution in [1.29, 1.82) is 0 Å². The maximum Gasteiger partial charge on any atom is 0.265 e. The van der Waals surface area contributed by atoms with Gasteiger partial charge in [-0.15, -0.1) is 0 Å². The lowest BCUT2D eigenvalue weighted by atomic mass is 9.96. The molecule has 1 amide bonds. The van der Waals surface area contributed by atoms with Gasteiger partial charge in [0.05, 0.1) is 11.7 Å². The maximum absolute atomic E-state index is 11.6. The highest BCUT2D eigenvalue weighted by atomic mass is 16.2. The van der Waals surface area contributed by atoms with Crippen LogP contribution in [0.3, 0.4) is 0 Å². The van der Waals surface area contributed by atoms with Crippen molar-refractivity contribution >= 4 is 17.8 Å². The Morgan fingerprint density at radius 1 is 1.33 bits per heavy atom. The van der Waals surface area contributed by atoms with Crippen molar-refractivity contribution in [1.82, 2.24) is 10.9 Å². The third kappa shape index (κ3) is 1.19. The first-order chi connectivity index (χ1) is 7.36. The second-order valence-corrected chi connectivity index (χ2v) is 3.48. The number of hydrogen-bond donors (Lipinski definition) is 2. The molecule has 2 aliphatic rings. The zero-order valence-corrected chi connectivity index (χ0v) is 7.90. The molecule has 1 aromatic carbocycles. The Kier molecular flexibility index (Phi) is 1.69. The summed E-state index contributed by atoms with van der Waals surface area (Å²) in [5.41, 5.74) is 8.07. The first-order valence-corrected chi connectivity index (χ1v) is 4.76. The minimum atomic E-state index is -0.103. The summed E-state index contributed by atoms with van der Waals surface area (Å²) in [5.74, 6) is -0.103. The molecule has 0 radical (unpaired) electrons. The lowest BCUT2D eigenvalue weighted by molar-refractivity contribution is 0.0914. The molecule has 0 saturated heterocycles. The van der Waals surface area contributed by atoms with Crippen LogP contribution >= 0.6 is 0 Å². The summed E-state index contributed by atoms with van der Waals surface area (Å²) in [6.07, 6.45) is 5.58. The van der Waals surface area contributed by atoms with E-state index in [1.807, 2.05) is 30.4 Å². The molecule has 0 aromatic heterocycles. The molecule has 1 atom stereocenters. The van der Waals surface area contributed by atoms with E-state index >= 15 is 0 Å². The van der Waals surface area contributed by atoms with Crippen LogP contribution in [-0.2, 0) is 0 Å². The highest BCUT2D eigenvalue weighted by Gasteiger charge is 2.26. The van der Waals surface area contributed by atoms with Crippen LogP contribution in [-0.4, -0.2) is 12.1 Å². The summed E-state index contributed by atoms with van der Waals surface area (Å²) in [6, 6.07) is 5.59. The maximum atomic E-state index is 11.6. The van der Waals surface area contributed by atoms with Crippen molar-refractivity contribution in [3.8, 4) is 0 Å². The van der Waals surface area contributed by atoms with Gasteiger partial charge < -0.3 is 0 Å². The first kappa shape index (κ1) is 8.38. The lowest BCUT2D eigenvalue weighted by Gasteiger charge is -2.25. The number of amides is 1. The van der Waals surface area contributed by atoms with Crippen molar-refractivity contribution in [2.24, 2.45) is 4.99 Å². The van der Waals surface area contributed by atoms with E-state index in [0.29, 0.717) is 5.56 Å². The fraction of sp³-hybridized carbons (Fsp3) is 0.0909. The van der Waals surface area contributed by atoms with Gasteiger partial charge in [-0.1, -0.05) is 12.1 Å². The summed E-state index contributed by atoms with van der Waals surface area (Å²) in [4.78, 5) is 15.9. The Labute approximate surface area is 86.7 Å². The van der Waals surface area contributed by atoms with Crippen LogP contribution in [0.2, 0.25) is 0 Å². The van der Waals surface area contributed by atoms with Crippen LogP contribution < -0.4 is 10.9 Å². The Morgan fingerprint density at radius 2 is 2.27 bits per heavy atom. The van der Waals surface area contributed by atoms with E-state index in [-0.39, 0.29) is 11.9 Å². The topological polar surface area (TPSA) is 53.5 Å². The van der Waals surface area contributed by atoms with Crippen molar-refractivity contribution in [2.75, 3.05) is 0 Å². The van der Waals surface area contributed by atoms with E-state index in [0.717, 1.165) is 11.3 Å². The molecular formula is C11H9N3O. The van der Waals surface area contributed by atoms with Gasteiger partial charge in [0.25, 0.3) is 5.91 Å². The van der Waals surface area contributed by atoms with Crippen molar-refractivity contribution < 1.29 is 4.79 Å². The number of allylic oxidation sites excluding steroid dienone is 1. The van der Waals surface area contributed by atoms with Crippen LogP contribution in [0.5, 0.6) is 0 Å². The summed E-state index contributed by atoms with van der Waals surface area (Å²) >= 11 is 0. The van der Waals surface area contributed by atoms with Gasteiger partial charge in [0.1, 0.15) is 0 Å². The molecule has 0 spiro atoms. The molecule has 3 rings (SSSR count). The third-order valence-electron chi connectivity index (χ3n) is 2.58. The summed E-state index contributed by atoms with van der Waals surface area (Å²) in [7, 11) is 0. The van der Waals surface area contributed by atoms with Gasteiger partial charge in [-0.25, -0.2) is 5.43 Å². The summed E-state index contributed by atoms with van der Waals surface area (Å²) in [6.45, 7) is 0. The first-order valence-electron chi connectivity index (χ1n) is 4.76. The molecular weight excluding hydrogens is 190 g/mol. The highest BCUT2D eigenvalue weighted by molar-refractivity contribution is 5.98. The highest BCUT2D eigenvalue weighted by Crippen LogP contribution is 2.32. The second kappa shape index (κ2) is 3.03. The van der Waals surface area contributed by atoms with Gasteiger partial charge in [0.2, 0.25) is 0 Å². The quantitative estimate of drug-likeness (QED) is 0.660. The van der Waals surface area contributed by atoms with Crippen LogP contribution in [0.25, 0.3) is 0 Å². The number of hydrogen-bond acceptors (Lipinski definition) is 3. The zero-order chi connectivity index (χ0) is 10.3. The molecule has 0 fully saturated rings. The monoisotopic (exact) mass is 199 g/mol. The van der Waals surface area contributed by atoms with Gasteiger partial charge in [0.15, 0.2) is 0 Å². The number of carbonyl (C=O) groups is 1. The molecule has 0 aliphatic carbocycles. The van der Waals surface area contributed by atoms with Crippen LogP contribution in [0.15, 0.2) is 35.3 Å². The average molecular weight is 199 g/mol. The Bertz CT molecular complexity index is 491. The minimum absolute atomic E-state index is 0.0106. The van der Waals surface area contributed by atoms with E-state index in [2.05, 4.69) is 15.8 Å². The predicted octanol–water partition coefficient (Wildman–Crippen LogP) is 1.25. The molecule has 2 aliphatic heterocycles. The van der Waals surface area contributed by atoms with Crippen LogP contribution in [0, 0.1) is 0 Å². The number of aliphatic imine (C=N–C) groups is 1. The van der Waals surface area contributed by atoms with Gasteiger partial charge in [-0.05, 0) is 18.2 Å².